The molecule has 4 aromatic heterocycles. The molecule has 7 nitrogen and oxygen atoms in total. The Bertz CT molecular complexity index is 1700. The first-order valence-electron chi connectivity index (χ1n) is 12.9. The maximum atomic E-state index is 14.0. The Balaban J connectivity index is 1.36. The number of aryl methyl sites for hydroxylation is 4. The number of imidazole rings is 1. The molecule has 5 aromatic rings. The third-order valence-electron chi connectivity index (χ3n) is 7.19. The summed E-state index contributed by atoms with van der Waals surface area (Å²) in [6.45, 7) is 2.60. The normalized spacial score (nSPS) is 13.2. The van der Waals surface area contributed by atoms with Gasteiger partial charge < -0.3 is 13.9 Å². The summed E-state index contributed by atoms with van der Waals surface area (Å²) < 4.78 is 14.8. The molecule has 4 heterocycles. The number of pyridine rings is 1. The summed E-state index contributed by atoms with van der Waals surface area (Å²) in [4.78, 5) is 26.1. The van der Waals surface area contributed by atoms with E-state index >= 15 is 0 Å². The predicted octanol–water partition coefficient (Wildman–Crippen LogP) is 5.85. The lowest BCUT2D eigenvalue weighted by Crippen LogP contribution is -2.24. The van der Waals surface area contributed by atoms with Crippen LogP contribution in [0.1, 0.15) is 40.1 Å². The van der Waals surface area contributed by atoms with Crippen LogP contribution in [0.25, 0.3) is 15.9 Å². The van der Waals surface area contributed by atoms with Gasteiger partial charge >= 0.3 is 0 Å². The number of ether oxygens (including phenoxy) is 2. The zero-order valence-corrected chi connectivity index (χ0v) is 23.5. The van der Waals surface area contributed by atoms with Crippen LogP contribution < -0.4 is 15.0 Å². The van der Waals surface area contributed by atoms with Crippen LogP contribution in [0.2, 0.25) is 0 Å². The fraction of sp³-hybridized carbons (Fsp3) is 0.345. The van der Waals surface area contributed by atoms with E-state index in [4.69, 9.17) is 19.4 Å². The highest BCUT2D eigenvalue weighted by Gasteiger charge is 2.22. The molecule has 0 saturated heterocycles. The van der Waals surface area contributed by atoms with Crippen LogP contribution in [0, 0.1) is 6.92 Å². The molecule has 0 fully saturated rings. The van der Waals surface area contributed by atoms with E-state index in [0.717, 1.165) is 57.1 Å². The van der Waals surface area contributed by atoms with Crippen LogP contribution in [0.15, 0.2) is 52.7 Å². The van der Waals surface area contributed by atoms with Gasteiger partial charge in [-0.1, -0.05) is 23.9 Å². The van der Waals surface area contributed by atoms with E-state index in [-0.39, 0.29) is 5.56 Å². The first-order valence-corrected chi connectivity index (χ1v) is 14.7. The van der Waals surface area contributed by atoms with Crippen LogP contribution in [0.4, 0.5) is 0 Å². The number of thioether (sulfide) groups is 1. The van der Waals surface area contributed by atoms with Gasteiger partial charge in [0.2, 0.25) is 0 Å². The summed E-state index contributed by atoms with van der Waals surface area (Å²) in [6.07, 6.45) is 9.09. The number of nitrogens with zero attached hydrogens (tertiary/aromatic N) is 4. The molecule has 0 aliphatic heterocycles. The zero-order chi connectivity index (χ0) is 26.2. The van der Waals surface area contributed by atoms with E-state index in [9.17, 15) is 4.79 Å². The smallest absolute Gasteiger partial charge is 0.263 e. The van der Waals surface area contributed by atoms with E-state index in [1.807, 2.05) is 35.0 Å². The molecular weight excluding hydrogens is 516 g/mol. The minimum Gasteiger partial charge on any atom is -0.493 e. The van der Waals surface area contributed by atoms with Gasteiger partial charge in [-0.2, -0.15) is 0 Å². The SMILES string of the molecule is COc1ccc(CCn2c(SCc3cn4cccc(C)c4n3)nc3sc4c(c3c2=O)CCCC4)cc1OC. The maximum Gasteiger partial charge on any atom is 0.263 e. The van der Waals surface area contributed by atoms with Crippen molar-refractivity contribution in [2.24, 2.45) is 0 Å². The molecule has 196 valence electrons. The Hall–Kier alpha value is -3.30. The minimum absolute atomic E-state index is 0.0724. The summed E-state index contributed by atoms with van der Waals surface area (Å²) in [5.74, 6) is 2.02. The maximum absolute atomic E-state index is 14.0. The van der Waals surface area contributed by atoms with Crippen LogP contribution in [-0.4, -0.2) is 33.2 Å². The van der Waals surface area contributed by atoms with Crippen molar-refractivity contribution in [1.82, 2.24) is 18.9 Å². The second-order valence-electron chi connectivity index (χ2n) is 9.62. The molecule has 6 rings (SSSR count). The molecule has 0 amide bonds. The molecule has 1 aliphatic rings. The molecule has 9 heteroatoms. The fourth-order valence-corrected chi connectivity index (χ4v) is 7.43. The van der Waals surface area contributed by atoms with Crippen molar-refractivity contribution in [3.05, 3.63) is 80.3 Å². The van der Waals surface area contributed by atoms with Crippen LogP contribution in [0.3, 0.4) is 0 Å². The van der Waals surface area contributed by atoms with Crippen molar-refractivity contribution in [3.8, 4) is 11.5 Å². The average Bonchev–Trinajstić information content (AvgIpc) is 3.53. The lowest BCUT2D eigenvalue weighted by Gasteiger charge is -2.14. The number of hydrogen-bond acceptors (Lipinski definition) is 7. The third-order valence-corrected chi connectivity index (χ3v) is 9.38. The highest BCUT2D eigenvalue weighted by Crippen LogP contribution is 2.35. The van der Waals surface area contributed by atoms with Gasteiger partial charge in [-0.05, 0) is 73.9 Å². The van der Waals surface area contributed by atoms with Gasteiger partial charge in [-0.15, -0.1) is 11.3 Å². The number of methoxy groups -OCH3 is 2. The van der Waals surface area contributed by atoms with Crippen molar-refractivity contribution in [2.45, 2.75) is 56.5 Å². The molecule has 0 N–H and O–H groups in total. The van der Waals surface area contributed by atoms with E-state index in [1.165, 1.54) is 16.9 Å². The lowest BCUT2D eigenvalue weighted by molar-refractivity contribution is 0.354. The second kappa shape index (κ2) is 10.5. The van der Waals surface area contributed by atoms with Gasteiger partial charge in [0.25, 0.3) is 5.56 Å². The highest BCUT2D eigenvalue weighted by atomic mass is 32.2. The molecule has 0 radical (unpaired) electrons. The average molecular weight is 547 g/mol. The minimum atomic E-state index is 0.0724. The molecule has 0 unspecified atom stereocenters. The largest absolute Gasteiger partial charge is 0.493 e. The van der Waals surface area contributed by atoms with Crippen LogP contribution >= 0.6 is 23.1 Å². The molecule has 0 saturated carbocycles. The Labute approximate surface area is 229 Å². The summed E-state index contributed by atoms with van der Waals surface area (Å²) in [6, 6.07) is 10.0. The molecule has 1 aromatic carbocycles. The Morgan fingerprint density at radius 1 is 1.08 bits per heavy atom. The van der Waals surface area contributed by atoms with Crippen molar-refractivity contribution < 1.29 is 9.47 Å². The third kappa shape index (κ3) is 4.58. The number of hydrogen-bond donors (Lipinski definition) is 0. The van der Waals surface area contributed by atoms with Gasteiger partial charge in [-0.3, -0.25) is 9.36 Å². The molecule has 38 heavy (non-hydrogen) atoms. The topological polar surface area (TPSA) is 70.7 Å². The summed E-state index contributed by atoms with van der Waals surface area (Å²) in [5.41, 5.74) is 5.44. The summed E-state index contributed by atoms with van der Waals surface area (Å²) in [7, 11) is 3.27. The lowest BCUT2D eigenvalue weighted by atomic mass is 9.97. The number of fused-ring (bicyclic) bond motifs is 4. The quantitative estimate of drug-likeness (QED) is 0.180. The summed E-state index contributed by atoms with van der Waals surface area (Å²) >= 11 is 3.28. The van der Waals surface area contributed by atoms with Gasteiger partial charge in [0.15, 0.2) is 16.7 Å². The number of benzene rings is 1. The van der Waals surface area contributed by atoms with Gasteiger partial charge in [0, 0.05) is 29.6 Å². The monoisotopic (exact) mass is 546 g/mol. The number of rotatable bonds is 8. The van der Waals surface area contributed by atoms with Crippen LogP contribution in [0.5, 0.6) is 11.5 Å². The van der Waals surface area contributed by atoms with E-state index in [1.54, 1.807) is 37.3 Å². The van der Waals surface area contributed by atoms with E-state index in [0.29, 0.717) is 30.2 Å². The molecule has 0 spiro atoms. The molecular formula is C29H30N4O3S2. The van der Waals surface area contributed by atoms with E-state index in [2.05, 4.69) is 23.6 Å². The first-order chi connectivity index (χ1) is 18.6. The highest BCUT2D eigenvalue weighted by molar-refractivity contribution is 7.98. The van der Waals surface area contributed by atoms with Crippen molar-refractivity contribution in [1.29, 1.82) is 0 Å². The Kier molecular flexibility index (Phi) is 6.88. The zero-order valence-electron chi connectivity index (χ0n) is 21.8. The van der Waals surface area contributed by atoms with Crippen molar-refractivity contribution in [3.63, 3.8) is 0 Å². The van der Waals surface area contributed by atoms with Gasteiger partial charge in [-0.25, -0.2) is 9.97 Å². The number of thiophene rings is 1. The summed E-state index contributed by atoms with van der Waals surface area (Å²) in [5, 5.41) is 1.57. The van der Waals surface area contributed by atoms with Gasteiger partial charge in [0.05, 0.1) is 25.3 Å². The Morgan fingerprint density at radius 3 is 2.74 bits per heavy atom. The molecule has 1 aliphatic carbocycles. The standard InChI is InChI=1S/C29H30N4O3S2/c1-18-7-6-13-32-16-20(30-26(18)32)17-37-29-31-27-25(21-8-4-5-9-24(21)38-27)28(34)33(29)14-12-19-10-11-22(35-2)23(15-19)36-3/h6-7,10-11,13,15-16H,4-5,8-9,12,14,17H2,1-3H3. The molecule has 0 bridgehead atoms. The number of aromatic nitrogens is 4. The predicted molar refractivity (Wildman–Crippen MR) is 153 cm³/mol. The molecule has 0 atom stereocenters. The van der Waals surface area contributed by atoms with Crippen molar-refractivity contribution in [2.75, 3.05) is 14.2 Å². The van der Waals surface area contributed by atoms with E-state index < -0.39 is 0 Å². The fourth-order valence-electron chi connectivity index (χ4n) is 5.22. The van der Waals surface area contributed by atoms with Gasteiger partial charge in [0.1, 0.15) is 10.5 Å². The first kappa shape index (κ1) is 25.0. The second-order valence-corrected chi connectivity index (χ2v) is 11.7. The Morgan fingerprint density at radius 2 is 1.92 bits per heavy atom. The van der Waals surface area contributed by atoms with Crippen molar-refractivity contribution >= 4 is 39.0 Å². The van der Waals surface area contributed by atoms with Crippen LogP contribution in [-0.2, 0) is 31.6 Å².